The third-order valence-electron chi connectivity index (χ3n) is 5.26. The molecule has 3 aromatic carbocycles. The van der Waals surface area contributed by atoms with E-state index in [2.05, 4.69) is 0 Å². The number of aliphatic hydroxyl groups excluding tert-OH is 1. The minimum Gasteiger partial charge on any atom is -0.507 e. The second kappa shape index (κ2) is 8.33. The van der Waals surface area contributed by atoms with Crippen molar-refractivity contribution in [2.45, 2.75) is 12.5 Å². The average molecular weight is 401 g/mol. The third-order valence-corrected chi connectivity index (χ3v) is 5.26. The first-order chi connectivity index (χ1) is 14.6. The maximum atomic E-state index is 13.5. The first-order valence-corrected chi connectivity index (χ1v) is 9.69. The van der Waals surface area contributed by atoms with Gasteiger partial charge < -0.3 is 10.0 Å². The van der Waals surface area contributed by atoms with Crippen LogP contribution in [0.5, 0.6) is 0 Å². The molecular weight excluding hydrogens is 381 g/mol. The SMILES string of the molecule is O=C1C(=O)N(CCc2ccccc2)[C@@H](c2ccc(F)cc2)C1=C(O)c1ccccc1. The fourth-order valence-corrected chi connectivity index (χ4v) is 3.75. The molecule has 0 saturated carbocycles. The van der Waals surface area contributed by atoms with Gasteiger partial charge in [0.2, 0.25) is 0 Å². The van der Waals surface area contributed by atoms with Crippen molar-refractivity contribution in [2.24, 2.45) is 0 Å². The lowest BCUT2D eigenvalue weighted by Gasteiger charge is -2.25. The van der Waals surface area contributed by atoms with Crippen LogP contribution in [0.4, 0.5) is 4.39 Å². The Morgan fingerprint density at radius 2 is 1.47 bits per heavy atom. The third kappa shape index (κ3) is 3.74. The number of carbonyl (C=O) groups excluding carboxylic acids is 2. The van der Waals surface area contributed by atoms with E-state index in [1.807, 2.05) is 30.3 Å². The van der Waals surface area contributed by atoms with E-state index < -0.39 is 23.5 Å². The molecule has 1 aliphatic heterocycles. The number of ketones is 1. The average Bonchev–Trinajstić information content (AvgIpc) is 3.04. The van der Waals surface area contributed by atoms with Crippen LogP contribution >= 0.6 is 0 Å². The fraction of sp³-hybridized carbons (Fsp3) is 0.120. The van der Waals surface area contributed by atoms with Crippen LogP contribution in [0, 0.1) is 5.82 Å². The van der Waals surface area contributed by atoms with Gasteiger partial charge in [0.15, 0.2) is 0 Å². The van der Waals surface area contributed by atoms with E-state index in [4.69, 9.17) is 0 Å². The van der Waals surface area contributed by atoms with Gasteiger partial charge in [-0.3, -0.25) is 9.59 Å². The summed E-state index contributed by atoms with van der Waals surface area (Å²) in [6.45, 7) is 0.294. The molecule has 0 unspecified atom stereocenters. The minimum absolute atomic E-state index is 0.0193. The normalized spacial score (nSPS) is 18.0. The molecule has 30 heavy (non-hydrogen) atoms. The highest BCUT2D eigenvalue weighted by atomic mass is 19.1. The molecule has 3 aromatic rings. The van der Waals surface area contributed by atoms with Gasteiger partial charge in [-0.1, -0.05) is 72.8 Å². The largest absolute Gasteiger partial charge is 0.507 e. The van der Waals surface area contributed by atoms with Gasteiger partial charge in [-0.2, -0.15) is 0 Å². The van der Waals surface area contributed by atoms with Crippen molar-refractivity contribution in [2.75, 3.05) is 6.54 Å². The lowest BCUT2D eigenvalue weighted by molar-refractivity contribution is -0.139. The van der Waals surface area contributed by atoms with Crippen molar-refractivity contribution in [3.8, 4) is 0 Å². The van der Waals surface area contributed by atoms with Crippen LogP contribution in [0.25, 0.3) is 5.76 Å². The smallest absolute Gasteiger partial charge is 0.295 e. The van der Waals surface area contributed by atoms with Crippen LogP contribution in [0.15, 0.2) is 90.5 Å². The molecular formula is C25H20FNO3. The maximum absolute atomic E-state index is 13.5. The topological polar surface area (TPSA) is 57.6 Å². The van der Waals surface area contributed by atoms with Crippen molar-refractivity contribution in [3.05, 3.63) is 113 Å². The Hall–Kier alpha value is -3.73. The van der Waals surface area contributed by atoms with E-state index in [-0.39, 0.29) is 11.3 Å². The summed E-state index contributed by atoms with van der Waals surface area (Å²) in [4.78, 5) is 27.2. The molecule has 1 aliphatic rings. The highest BCUT2D eigenvalue weighted by Gasteiger charge is 2.45. The Labute approximate surface area is 173 Å². The minimum atomic E-state index is -0.783. The monoisotopic (exact) mass is 401 g/mol. The number of halogens is 1. The molecule has 150 valence electrons. The van der Waals surface area contributed by atoms with E-state index >= 15 is 0 Å². The van der Waals surface area contributed by atoms with Crippen LogP contribution in [0.3, 0.4) is 0 Å². The van der Waals surface area contributed by atoms with Gasteiger partial charge in [-0.05, 0) is 29.7 Å². The summed E-state index contributed by atoms with van der Waals surface area (Å²) in [5, 5.41) is 10.9. The van der Waals surface area contributed by atoms with Crippen molar-refractivity contribution < 1.29 is 19.1 Å². The first kappa shape index (κ1) is 19.6. The molecule has 4 rings (SSSR count). The van der Waals surface area contributed by atoms with Crippen molar-refractivity contribution in [1.29, 1.82) is 0 Å². The lowest BCUT2D eigenvalue weighted by Crippen LogP contribution is -2.31. The van der Waals surface area contributed by atoms with Gasteiger partial charge in [0, 0.05) is 12.1 Å². The molecule has 1 heterocycles. The molecule has 0 aliphatic carbocycles. The quantitative estimate of drug-likeness (QED) is 0.389. The molecule has 4 nitrogen and oxygen atoms in total. The zero-order chi connectivity index (χ0) is 21.1. The maximum Gasteiger partial charge on any atom is 0.295 e. The molecule has 0 aromatic heterocycles. The van der Waals surface area contributed by atoms with E-state index in [1.54, 1.807) is 42.5 Å². The number of nitrogens with zero attached hydrogens (tertiary/aromatic N) is 1. The van der Waals surface area contributed by atoms with Gasteiger partial charge in [0.05, 0.1) is 11.6 Å². The van der Waals surface area contributed by atoms with Crippen molar-refractivity contribution >= 4 is 17.4 Å². The molecule has 1 atom stereocenters. The van der Waals surface area contributed by atoms with Gasteiger partial charge in [-0.25, -0.2) is 4.39 Å². The van der Waals surface area contributed by atoms with Crippen LogP contribution in [-0.4, -0.2) is 28.2 Å². The number of carbonyl (C=O) groups is 2. The lowest BCUT2D eigenvalue weighted by atomic mass is 9.95. The van der Waals surface area contributed by atoms with E-state index in [1.165, 1.54) is 17.0 Å². The molecule has 1 amide bonds. The number of hydrogen-bond donors (Lipinski definition) is 1. The highest BCUT2D eigenvalue weighted by Crippen LogP contribution is 2.39. The van der Waals surface area contributed by atoms with E-state index in [9.17, 15) is 19.1 Å². The predicted molar refractivity (Wildman–Crippen MR) is 112 cm³/mol. The summed E-state index contributed by atoms with van der Waals surface area (Å²) in [5.41, 5.74) is 2.07. The molecule has 0 bridgehead atoms. The summed E-state index contributed by atoms with van der Waals surface area (Å²) >= 11 is 0. The number of aliphatic hydroxyl groups is 1. The second-order valence-electron chi connectivity index (χ2n) is 7.15. The molecule has 0 spiro atoms. The molecule has 1 saturated heterocycles. The summed E-state index contributed by atoms with van der Waals surface area (Å²) in [6.07, 6.45) is 0.553. The number of hydrogen-bond acceptors (Lipinski definition) is 3. The number of likely N-dealkylation sites (tertiary alicyclic amines) is 1. The summed E-state index contributed by atoms with van der Waals surface area (Å²) < 4.78 is 13.5. The summed E-state index contributed by atoms with van der Waals surface area (Å²) in [5.74, 6) is -2.05. The molecule has 1 N–H and O–H groups in total. The predicted octanol–water partition coefficient (Wildman–Crippen LogP) is 4.49. The Morgan fingerprint density at radius 1 is 0.867 bits per heavy atom. The van der Waals surface area contributed by atoms with Gasteiger partial charge >= 0.3 is 0 Å². The first-order valence-electron chi connectivity index (χ1n) is 9.69. The molecule has 1 fully saturated rings. The van der Waals surface area contributed by atoms with Crippen molar-refractivity contribution in [1.82, 2.24) is 4.90 Å². The molecule has 5 heteroatoms. The Kier molecular flexibility index (Phi) is 5.44. The Bertz CT molecular complexity index is 1090. The van der Waals surface area contributed by atoms with E-state index in [0.717, 1.165) is 5.56 Å². The fourth-order valence-electron chi connectivity index (χ4n) is 3.75. The van der Waals surface area contributed by atoms with Gasteiger partial charge in [-0.15, -0.1) is 0 Å². The second-order valence-corrected chi connectivity index (χ2v) is 7.15. The zero-order valence-electron chi connectivity index (χ0n) is 16.2. The van der Waals surface area contributed by atoms with E-state index in [0.29, 0.717) is 24.1 Å². The highest BCUT2D eigenvalue weighted by molar-refractivity contribution is 6.46. The zero-order valence-corrected chi connectivity index (χ0v) is 16.2. The summed E-state index contributed by atoms with van der Waals surface area (Å²) in [6, 6.07) is 23.1. The number of amides is 1. The van der Waals surface area contributed by atoms with Crippen LogP contribution in [0.1, 0.15) is 22.7 Å². The van der Waals surface area contributed by atoms with Crippen LogP contribution in [-0.2, 0) is 16.0 Å². The standard InChI is InChI=1S/C25H20FNO3/c26-20-13-11-18(12-14-20)22-21(23(28)19-9-5-2-6-10-19)24(29)25(30)27(22)16-15-17-7-3-1-4-8-17/h1-14,22,28H,15-16H2/t22-/m0/s1. The Morgan fingerprint density at radius 3 is 2.10 bits per heavy atom. The van der Waals surface area contributed by atoms with Gasteiger partial charge in [0.25, 0.3) is 11.7 Å². The van der Waals surface area contributed by atoms with Gasteiger partial charge in [0.1, 0.15) is 11.6 Å². The summed E-state index contributed by atoms with van der Waals surface area (Å²) in [7, 11) is 0. The van der Waals surface area contributed by atoms with Crippen LogP contribution in [0.2, 0.25) is 0 Å². The van der Waals surface area contributed by atoms with Crippen LogP contribution < -0.4 is 0 Å². The Balaban J connectivity index is 1.78. The molecule has 0 radical (unpaired) electrons. The number of Topliss-reactive ketones (excluding diaryl/α,β-unsaturated/α-hetero) is 1. The van der Waals surface area contributed by atoms with Crippen molar-refractivity contribution in [3.63, 3.8) is 0 Å². The number of benzene rings is 3. The number of rotatable bonds is 5.